The Morgan fingerprint density at radius 1 is 1.57 bits per heavy atom. The molecule has 1 nitrogen and oxygen atoms in total. The Morgan fingerprint density at radius 3 is 3.14 bits per heavy atom. The average Bonchev–Trinajstić information content (AvgIpc) is 2.89. The molecule has 76 valence electrons. The predicted molar refractivity (Wildman–Crippen MR) is 56.7 cm³/mol. The molecule has 1 unspecified atom stereocenters. The summed E-state index contributed by atoms with van der Waals surface area (Å²) < 4.78 is 0. The monoisotopic (exact) mass is 190 g/mol. The molecule has 0 bridgehead atoms. The number of carbonyl (C=O) groups excluding carboxylic acids is 1. The van der Waals surface area contributed by atoms with Crippen LogP contribution in [0.3, 0.4) is 0 Å². The molecule has 2 aliphatic rings. The minimum atomic E-state index is -0.147. The first-order valence-corrected chi connectivity index (χ1v) is 5.83. The molecule has 0 aromatic rings. The molecule has 0 radical (unpaired) electrons. The van der Waals surface area contributed by atoms with Crippen molar-refractivity contribution in [2.75, 3.05) is 0 Å². The van der Waals surface area contributed by atoms with E-state index in [1.807, 2.05) is 0 Å². The number of ketones is 1. The van der Waals surface area contributed by atoms with Crippen LogP contribution in [0.15, 0.2) is 0 Å². The Labute approximate surface area is 86.3 Å². The van der Waals surface area contributed by atoms with Gasteiger partial charge in [-0.15, -0.1) is 5.92 Å². The summed E-state index contributed by atoms with van der Waals surface area (Å²) in [4.78, 5) is 11.7. The second-order valence-corrected chi connectivity index (χ2v) is 4.59. The second kappa shape index (κ2) is 3.77. The summed E-state index contributed by atoms with van der Waals surface area (Å²) in [5, 5.41) is 0. The normalized spacial score (nSPS) is 34.4. The zero-order valence-corrected chi connectivity index (χ0v) is 8.94. The first-order valence-electron chi connectivity index (χ1n) is 5.83. The number of hydrogen-bond donors (Lipinski definition) is 0. The Balaban J connectivity index is 1.95. The van der Waals surface area contributed by atoms with Gasteiger partial charge in [0, 0.05) is 12.8 Å². The van der Waals surface area contributed by atoms with E-state index in [1.54, 1.807) is 0 Å². The van der Waals surface area contributed by atoms with Crippen LogP contribution in [0.2, 0.25) is 0 Å². The number of carbonyl (C=O) groups is 1. The van der Waals surface area contributed by atoms with E-state index in [1.165, 1.54) is 19.3 Å². The third-order valence-corrected chi connectivity index (χ3v) is 3.53. The fourth-order valence-corrected chi connectivity index (χ4v) is 2.46. The lowest BCUT2D eigenvalue weighted by Gasteiger charge is -2.14. The van der Waals surface area contributed by atoms with E-state index in [9.17, 15) is 4.79 Å². The van der Waals surface area contributed by atoms with Crippen molar-refractivity contribution in [2.45, 2.75) is 51.9 Å². The quantitative estimate of drug-likeness (QED) is 0.483. The summed E-state index contributed by atoms with van der Waals surface area (Å²) in [5.74, 6) is 7.51. The molecule has 0 saturated heterocycles. The molecule has 1 heteroatoms. The van der Waals surface area contributed by atoms with Gasteiger partial charge in [-0.2, -0.15) is 0 Å². The Hall–Kier alpha value is -0.770. The number of unbranched alkanes of at least 4 members (excludes halogenated alkanes) is 2. The zero-order valence-electron chi connectivity index (χ0n) is 8.94. The fourth-order valence-electron chi connectivity index (χ4n) is 2.46. The topological polar surface area (TPSA) is 17.1 Å². The van der Waals surface area contributed by atoms with Crippen LogP contribution in [0, 0.1) is 23.2 Å². The van der Waals surface area contributed by atoms with Crippen LogP contribution >= 0.6 is 0 Å². The third kappa shape index (κ3) is 1.59. The van der Waals surface area contributed by atoms with Crippen LogP contribution < -0.4 is 0 Å². The van der Waals surface area contributed by atoms with Gasteiger partial charge < -0.3 is 0 Å². The molecule has 0 heterocycles. The lowest BCUT2D eigenvalue weighted by Crippen LogP contribution is -2.20. The number of fused-ring (bicyclic) bond motifs is 1. The van der Waals surface area contributed by atoms with E-state index in [0.717, 1.165) is 25.7 Å². The highest BCUT2D eigenvalue weighted by Gasteiger charge is 2.59. The van der Waals surface area contributed by atoms with Crippen molar-refractivity contribution in [3.05, 3.63) is 0 Å². The van der Waals surface area contributed by atoms with Crippen LogP contribution in [-0.2, 0) is 4.79 Å². The van der Waals surface area contributed by atoms with E-state index >= 15 is 0 Å². The molecule has 0 aliphatic heterocycles. The lowest BCUT2D eigenvalue weighted by atomic mass is 9.87. The molecule has 0 aromatic carbocycles. The number of hydrogen-bond acceptors (Lipinski definition) is 1. The van der Waals surface area contributed by atoms with Gasteiger partial charge >= 0.3 is 0 Å². The summed E-state index contributed by atoms with van der Waals surface area (Å²) in [6.45, 7) is 2.17. The van der Waals surface area contributed by atoms with Crippen molar-refractivity contribution in [3.8, 4) is 11.8 Å². The predicted octanol–water partition coefficient (Wildman–Crippen LogP) is 2.94. The molecule has 0 aromatic heterocycles. The highest BCUT2D eigenvalue weighted by molar-refractivity contribution is 5.92. The zero-order chi connectivity index (χ0) is 10.0. The van der Waals surface area contributed by atoms with Gasteiger partial charge in [0.05, 0.1) is 5.41 Å². The smallest absolute Gasteiger partial charge is 0.151 e. The summed E-state index contributed by atoms with van der Waals surface area (Å²) in [7, 11) is 0. The maximum atomic E-state index is 11.7. The van der Waals surface area contributed by atoms with Crippen molar-refractivity contribution < 1.29 is 4.79 Å². The average molecular weight is 190 g/mol. The van der Waals surface area contributed by atoms with Crippen molar-refractivity contribution in [2.24, 2.45) is 11.3 Å². The summed E-state index contributed by atoms with van der Waals surface area (Å²) >= 11 is 0. The molecule has 2 saturated carbocycles. The highest BCUT2D eigenvalue weighted by Crippen LogP contribution is 2.58. The van der Waals surface area contributed by atoms with Crippen molar-refractivity contribution in [1.29, 1.82) is 0 Å². The van der Waals surface area contributed by atoms with Crippen molar-refractivity contribution in [3.63, 3.8) is 0 Å². The molecule has 0 spiro atoms. The summed E-state index contributed by atoms with van der Waals surface area (Å²) in [6, 6.07) is 0. The van der Waals surface area contributed by atoms with Gasteiger partial charge in [-0.1, -0.05) is 19.3 Å². The third-order valence-electron chi connectivity index (χ3n) is 3.53. The first kappa shape index (κ1) is 9.77. The standard InChI is InChI=1S/C13H18O/c1-2-3-4-5-9-13-10-11(13)7-6-8-12(13)14/h11H,2-4,6-8,10H2,1H3/t11?,13-/m0/s1. The summed E-state index contributed by atoms with van der Waals surface area (Å²) in [6.07, 6.45) is 7.50. The molecule has 2 fully saturated rings. The lowest BCUT2D eigenvalue weighted by molar-refractivity contribution is -0.123. The van der Waals surface area contributed by atoms with Gasteiger partial charge in [0.15, 0.2) is 5.78 Å². The van der Waals surface area contributed by atoms with Crippen molar-refractivity contribution >= 4 is 5.78 Å². The van der Waals surface area contributed by atoms with E-state index in [0.29, 0.717) is 11.7 Å². The minimum absolute atomic E-state index is 0.147. The Kier molecular flexibility index (Phi) is 2.63. The van der Waals surface area contributed by atoms with Gasteiger partial charge in [-0.25, -0.2) is 0 Å². The van der Waals surface area contributed by atoms with Gasteiger partial charge in [-0.3, -0.25) is 4.79 Å². The van der Waals surface area contributed by atoms with Crippen LogP contribution in [0.1, 0.15) is 51.9 Å². The molecule has 14 heavy (non-hydrogen) atoms. The molecular weight excluding hydrogens is 172 g/mol. The molecule has 2 rings (SSSR count). The van der Waals surface area contributed by atoms with E-state index in [4.69, 9.17) is 0 Å². The molecule has 0 N–H and O–H groups in total. The molecule has 2 atom stereocenters. The first-order chi connectivity index (χ1) is 6.79. The minimum Gasteiger partial charge on any atom is -0.298 e. The summed E-state index contributed by atoms with van der Waals surface area (Å²) in [5.41, 5.74) is -0.147. The molecular formula is C13H18O. The second-order valence-electron chi connectivity index (χ2n) is 4.59. The maximum Gasteiger partial charge on any atom is 0.151 e. The van der Waals surface area contributed by atoms with E-state index < -0.39 is 0 Å². The largest absolute Gasteiger partial charge is 0.298 e. The Morgan fingerprint density at radius 2 is 2.43 bits per heavy atom. The van der Waals surface area contributed by atoms with Gasteiger partial charge in [0.2, 0.25) is 0 Å². The van der Waals surface area contributed by atoms with Crippen molar-refractivity contribution in [1.82, 2.24) is 0 Å². The van der Waals surface area contributed by atoms with Gasteiger partial charge in [-0.05, 0) is 31.6 Å². The number of Topliss-reactive ketones (excluding diaryl/α,β-unsaturated/α-hetero) is 1. The van der Waals surface area contributed by atoms with Crippen LogP contribution in [0.5, 0.6) is 0 Å². The molecule has 0 amide bonds. The fraction of sp³-hybridized carbons (Fsp3) is 0.769. The van der Waals surface area contributed by atoms with Crippen LogP contribution in [0.25, 0.3) is 0 Å². The van der Waals surface area contributed by atoms with Crippen LogP contribution in [-0.4, -0.2) is 5.78 Å². The van der Waals surface area contributed by atoms with E-state index in [2.05, 4.69) is 18.8 Å². The van der Waals surface area contributed by atoms with E-state index in [-0.39, 0.29) is 5.41 Å². The Bertz CT molecular complexity index is 294. The highest BCUT2D eigenvalue weighted by atomic mass is 16.1. The maximum absolute atomic E-state index is 11.7. The van der Waals surface area contributed by atoms with Gasteiger partial charge in [0.1, 0.15) is 0 Å². The van der Waals surface area contributed by atoms with Crippen LogP contribution in [0.4, 0.5) is 0 Å². The SMILES string of the molecule is CCCCC#C[C@]12CC1CCCC2=O. The molecule has 2 aliphatic carbocycles. The number of rotatable bonds is 2. The van der Waals surface area contributed by atoms with Gasteiger partial charge in [0.25, 0.3) is 0 Å².